The molecule has 1 saturated carbocycles. The third-order valence-electron chi connectivity index (χ3n) is 8.05. The van der Waals surface area contributed by atoms with Gasteiger partial charge in [-0.3, -0.25) is 14.4 Å². The van der Waals surface area contributed by atoms with Gasteiger partial charge < -0.3 is 24.8 Å². The molecule has 1 aliphatic heterocycles. The van der Waals surface area contributed by atoms with Crippen LogP contribution in [0, 0.1) is 12.8 Å². The number of likely N-dealkylation sites (N-methyl/N-ethyl adjacent to an activating group) is 1. The minimum absolute atomic E-state index is 0.0434. The fourth-order valence-electron chi connectivity index (χ4n) is 5.81. The number of aromatic nitrogens is 1. The number of benzene rings is 1. The number of hydrogen-bond acceptors (Lipinski definition) is 6. The van der Waals surface area contributed by atoms with Crippen molar-refractivity contribution in [2.75, 3.05) is 32.6 Å². The maximum atomic E-state index is 13.6. The average Bonchev–Trinajstić information content (AvgIpc) is 3.33. The summed E-state index contributed by atoms with van der Waals surface area (Å²) in [4.78, 5) is 41.4. The number of aryl methyl sites for hydroxylation is 1. The van der Waals surface area contributed by atoms with Gasteiger partial charge in [0, 0.05) is 33.0 Å². The van der Waals surface area contributed by atoms with Crippen molar-refractivity contribution in [3.63, 3.8) is 0 Å². The van der Waals surface area contributed by atoms with Crippen LogP contribution in [0.2, 0.25) is 0 Å². The molecular formula is C29H40N4O5. The standard InChI is InChI=1S/C29H40N4O5/c1-20-24(19-38-32-20)26(34)31-25(21-9-7-5-4-6-8-10-21)27(35)30-23-13-11-22(12-14-23)29(28(36)33(2)3)15-17-37-18-16-29/h11-14,19,21,25H,4-10,15-18H2,1-3H3,(H,30,35)(H,31,34). The lowest BCUT2D eigenvalue weighted by atomic mass is 9.73. The Morgan fingerprint density at radius 3 is 2.21 bits per heavy atom. The van der Waals surface area contributed by atoms with E-state index in [0.29, 0.717) is 43.0 Å². The maximum absolute atomic E-state index is 13.6. The first-order valence-corrected chi connectivity index (χ1v) is 13.7. The molecule has 2 aliphatic rings. The van der Waals surface area contributed by atoms with Crippen molar-refractivity contribution in [1.82, 2.24) is 15.4 Å². The molecule has 1 aliphatic carbocycles. The van der Waals surface area contributed by atoms with Crippen molar-refractivity contribution in [2.24, 2.45) is 5.92 Å². The molecule has 0 radical (unpaired) electrons. The Balaban J connectivity index is 1.53. The Bertz CT molecular complexity index is 1100. The highest BCUT2D eigenvalue weighted by molar-refractivity contribution is 6.01. The molecule has 0 bridgehead atoms. The van der Waals surface area contributed by atoms with Gasteiger partial charge in [-0.25, -0.2) is 0 Å². The summed E-state index contributed by atoms with van der Waals surface area (Å²) >= 11 is 0. The summed E-state index contributed by atoms with van der Waals surface area (Å²) in [6.45, 7) is 2.77. The SMILES string of the molecule is Cc1nocc1C(=O)NC(C(=O)Nc1ccc(C2(C(=O)N(C)C)CCOCC2)cc1)C1CCCCCCC1. The molecule has 38 heavy (non-hydrogen) atoms. The number of carbonyl (C=O) groups is 3. The summed E-state index contributed by atoms with van der Waals surface area (Å²) < 4.78 is 10.5. The van der Waals surface area contributed by atoms with Gasteiger partial charge in [-0.2, -0.15) is 0 Å². The molecule has 206 valence electrons. The fraction of sp³-hybridized carbons (Fsp3) is 0.586. The van der Waals surface area contributed by atoms with E-state index in [4.69, 9.17) is 9.26 Å². The van der Waals surface area contributed by atoms with Gasteiger partial charge >= 0.3 is 0 Å². The maximum Gasteiger partial charge on any atom is 0.257 e. The summed E-state index contributed by atoms with van der Waals surface area (Å²) in [7, 11) is 3.55. The number of rotatable bonds is 7. The molecule has 2 fully saturated rings. The molecule has 1 atom stereocenters. The van der Waals surface area contributed by atoms with Crippen LogP contribution in [0.4, 0.5) is 5.69 Å². The third kappa shape index (κ3) is 6.26. The topological polar surface area (TPSA) is 114 Å². The van der Waals surface area contributed by atoms with Crippen LogP contribution >= 0.6 is 0 Å². The Hall–Kier alpha value is -3.20. The highest BCUT2D eigenvalue weighted by Gasteiger charge is 2.42. The highest BCUT2D eigenvalue weighted by atomic mass is 16.5. The third-order valence-corrected chi connectivity index (χ3v) is 8.05. The van der Waals surface area contributed by atoms with Gasteiger partial charge in [-0.15, -0.1) is 0 Å². The molecule has 0 spiro atoms. The largest absolute Gasteiger partial charge is 0.381 e. The molecule has 1 aromatic heterocycles. The number of carbonyl (C=O) groups excluding carboxylic acids is 3. The smallest absolute Gasteiger partial charge is 0.257 e. The molecule has 1 unspecified atom stereocenters. The zero-order valence-corrected chi connectivity index (χ0v) is 22.8. The molecule has 4 rings (SSSR count). The Morgan fingerprint density at radius 1 is 1.00 bits per heavy atom. The molecule has 2 N–H and O–H groups in total. The van der Waals surface area contributed by atoms with Gasteiger partial charge in [-0.1, -0.05) is 49.4 Å². The number of amides is 3. The molecule has 9 heteroatoms. The van der Waals surface area contributed by atoms with Crippen LogP contribution in [0.15, 0.2) is 35.1 Å². The summed E-state index contributed by atoms with van der Waals surface area (Å²) in [5, 5.41) is 9.80. The molecule has 2 aromatic rings. The van der Waals surface area contributed by atoms with Crippen molar-refractivity contribution >= 4 is 23.4 Å². The second-order valence-electron chi connectivity index (χ2n) is 10.8. The lowest BCUT2D eigenvalue weighted by molar-refractivity contribution is -0.138. The zero-order chi connectivity index (χ0) is 27.1. The quantitative estimate of drug-likeness (QED) is 0.561. The van der Waals surface area contributed by atoms with Gasteiger partial charge in [0.1, 0.15) is 17.9 Å². The van der Waals surface area contributed by atoms with Gasteiger partial charge in [0.25, 0.3) is 5.91 Å². The van der Waals surface area contributed by atoms with Crippen LogP contribution in [-0.2, 0) is 19.7 Å². The van der Waals surface area contributed by atoms with E-state index in [1.807, 2.05) is 24.3 Å². The first-order chi connectivity index (χ1) is 18.3. The minimum atomic E-state index is -0.674. The van der Waals surface area contributed by atoms with E-state index in [0.717, 1.165) is 44.1 Å². The number of hydrogen-bond donors (Lipinski definition) is 2. The van der Waals surface area contributed by atoms with Crippen LogP contribution < -0.4 is 10.6 Å². The van der Waals surface area contributed by atoms with Crippen molar-refractivity contribution in [3.05, 3.63) is 47.3 Å². The van der Waals surface area contributed by atoms with E-state index >= 15 is 0 Å². The van der Waals surface area contributed by atoms with Gasteiger partial charge in [-0.05, 0) is 56.2 Å². The van der Waals surface area contributed by atoms with E-state index in [2.05, 4.69) is 15.8 Å². The molecule has 3 amide bonds. The lowest BCUT2D eigenvalue weighted by Gasteiger charge is -2.38. The lowest BCUT2D eigenvalue weighted by Crippen LogP contribution is -2.49. The van der Waals surface area contributed by atoms with Crippen LogP contribution in [-0.4, -0.2) is 61.1 Å². The fourth-order valence-corrected chi connectivity index (χ4v) is 5.81. The van der Waals surface area contributed by atoms with E-state index in [1.165, 1.54) is 12.7 Å². The van der Waals surface area contributed by atoms with Crippen molar-refractivity contribution in [3.8, 4) is 0 Å². The van der Waals surface area contributed by atoms with Gasteiger partial charge in [0.05, 0.1) is 11.1 Å². The zero-order valence-electron chi connectivity index (χ0n) is 22.8. The van der Waals surface area contributed by atoms with Crippen LogP contribution in [0.3, 0.4) is 0 Å². The Labute approximate surface area is 224 Å². The number of ether oxygens (including phenoxy) is 1. The van der Waals surface area contributed by atoms with Crippen molar-refractivity contribution < 1.29 is 23.6 Å². The summed E-state index contributed by atoms with van der Waals surface area (Å²) in [6.07, 6.45) is 9.90. The van der Waals surface area contributed by atoms with E-state index in [1.54, 1.807) is 25.9 Å². The predicted octanol–water partition coefficient (Wildman–Crippen LogP) is 4.22. The number of nitrogens with one attached hydrogen (secondary N) is 2. The van der Waals surface area contributed by atoms with Crippen molar-refractivity contribution in [2.45, 2.75) is 76.2 Å². The van der Waals surface area contributed by atoms with Crippen LogP contribution in [0.5, 0.6) is 0 Å². The van der Waals surface area contributed by atoms with Crippen LogP contribution in [0.1, 0.15) is 79.4 Å². The summed E-state index contributed by atoms with van der Waals surface area (Å²) in [5.41, 5.74) is 1.75. The predicted molar refractivity (Wildman–Crippen MR) is 144 cm³/mol. The Kier molecular flexibility index (Phi) is 9.20. The summed E-state index contributed by atoms with van der Waals surface area (Å²) in [5.74, 6) is -0.489. The number of anilines is 1. The molecule has 2 heterocycles. The second kappa shape index (κ2) is 12.6. The average molecular weight is 525 g/mol. The van der Waals surface area contributed by atoms with E-state index in [-0.39, 0.29) is 23.6 Å². The Morgan fingerprint density at radius 2 is 1.63 bits per heavy atom. The molecular weight excluding hydrogens is 484 g/mol. The molecule has 1 saturated heterocycles. The van der Waals surface area contributed by atoms with Gasteiger partial charge in [0.15, 0.2) is 0 Å². The van der Waals surface area contributed by atoms with Crippen LogP contribution in [0.25, 0.3) is 0 Å². The van der Waals surface area contributed by atoms with Crippen molar-refractivity contribution in [1.29, 1.82) is 0 Å². The molecule has 1 aromatic carbocycles. The first-order valence-electron chi connectivity index (χ1n) is 13.7. The monoisotopic (exact) mass is 524 g/mol. The summed E-state index contributed by atoms with van der Waals surface area (Å²) in [6, 6.07) is 6.86. The normalized spacial score (nSPS) is 19.0. The number of nitrogens with zero attached hydrogens (tertiary/aromatic N) is 2. The van der Waals surface area contributed by atoms with E-state index < -0.39 is 11.5 Å². The highest BCUT2D eigenvalue weighted by Crippen LogP contribution is 2.37. The molecule has 9 nitrogen and oxygen atoms in total. The first kappa shape index (κ1) is 27.8. The van der Waals surface area contributed by atoms with E-state index in [9.17, 15) is 14.4 Å². The van der Waals surface area contributed by atoms with Gasteiger partial charge in [0.2, 0.25) is 11.8 Å². The minimum Gasteiger partial charge on any atom is -0.381 e. The second-order valence-corrected chi connectivity index (χ2v) is 10.8.